The molecule has 0 amide bonds. The monoisotopic (exact) mass is 498 g/mol. The third-order valence-corrected chi connectivity index (χ3v) is 7.95. The first-order chi connectivity index (χ1) is 19.3. The second-order valence-electron chi connectivity index (χ2n) is 10.3. The van der Waals surface area contributed by atoms with Crippen molar-refractivity contribution in [3.8, 4) is 22.5 Å². The SMILES string of the molecule is Cc1ccc2c3ccccc3n(-c3cccc(-c4cccc(-n5c6ccccc6c6ccccc65)c4)c3)c2c1. The van der Waals surface area contributed by atoms with Gasteiger partial charge >= 0.3 is 0 Å². The fourth-order valence-corrected chi connectivity index (χ4v) is 6.21. The van der Waals surface area contributed by atoms with E-state index in [1.165, 1.54) is 71.7 Å². The third kappa shape index (κ3) is 3.35. The first-order valence-corrected chi connectivity index (χ1v) is 13.5. The molecule has 0 fully saturated rings. The molecule has 2 nitrogen and oxygen atoms in total. The Morgan fingerprint density at radius 1 is 0.359 bits per heavy atom. The summed E-state index contributed by atoms with van der Waals surface area (Å²) < 4.78 is 4.78. The second-order valence-corrected chi connectivity index (χ2v) is 10.3. The lowest BCUT2D eigenvalue weighted by Gasteiger charge is -2.13. The first kappa shape index (κ1) is 22.0. The number of nitrogens with zero attached hydrogens (tertiary/aromatic N) is 2. The number of hydrogen-bond donors (Lipinski definition) is 0. The molecule has 39 heavy (non-hydrogen) atoms. The Labute approximate surface area is 227 Å². The molecule has 0 atom stereocenters. The van der Waals surface area contributed by atoms with E-state index in [0.717, 1.165) is 0 Å². The highest BCUT2D eigenvalue weighted by Gasteiger charge is 2.14. The van der Waals surface area contributed by atoms with E-state index in [1.54, 1.807) is 0 Å². The predicted octanol–water partition coefficient (Wildman–Crippen LogP) is 9.86. The van der Waals surface area contributed by atoms with Crippen LogP contribution in [0, 0.1) is 6.92 Å². The van der Waals surface area contributed by atoms with Gasteiger partial charge in [0.2, 0.25) is 0 Å². The van der Waals surface area contributed by atoms with Crippen LogP contribution < -0.4 is 0 Å². The van der Waals surface area contributed by atoms with E-state index in [9.17, 15) is 0 Å². The zero-order valence-electron chi connectivity index (χ0n) is 21.7. The Balaban J connectivity index is 1.32. The quantitative estimate of drug-likeness (QED) is 0.229. The summed E-state index contributed by atoms with van der Waals surface area (Å²) in [6.45, 7) is 2.16. The summed E-state index contributed by atoms with van der Waals surface area (Å²) in [5.41, 5.74) is 10.9. The highest BCUT2D eigenvalue weighted by Crippen LogP contribution is 2.35. The molecular formula is C37H26N2. The summed E-state index contributed by atoms with van der Waals surface area (Å²) in [5, 5.41) is 5.13. The molecule has 8 rings (SSSR count). The van der Waals surface area contributed by atoms with Crippen molar-refractivity contribution in [2.45, 2.75) is 6.92 Å². The molecule has 0 unspecified atom stereocenters. The summed E-state index contributed by atoms with van der Waals surface area (Å²) in [4.78, 5) is 0. The summed E-state index contributed by atoms with van der Waals surface area (Å²) >= 11 is 0. The van der Waals surface area contributed by atoms with Crippen LogP contribution in [0.2, 0.25) is 0 Å². The van der Waals surface area contributed by atoms with Crippen molar-refractivity contribution in [2.75, 3.05) is 0 Å². The van der Waals surface area contributed by atoms with Gasteiger partial charge in [-0.2, -0.15) is 0 Å². The van der Waals surface area contributed by atoms with Crippen LogP contribution in [-0.2, 0) is 0 Å². The van der Waals surface area contributed by atoms with E-state index in [1.807, 2.05) is 0 Å². The minimum atomic E-state index is 1.17. The van der Waals surface area contributed by atoms with E-state index in [0.29, 0.717) is 0 Å². The Morgan fingerprint density at radius 2 is 0.795 bits per heavy atom. The van der Waals surface area contributed by atoms with Crippen molar-refractivity contribution in [1.82, 2.24) is 9.13 Å². The highest BCUT2D eigenvalue weighted by molar-refractivity contribution is 6.10. The van der Waals surface area contributed by atoms with Gasteiger partial charge in [0.1, 0.15) is 0 Å². The zero-order valence-corrected chi connectivity index (χ0v) is 21.7. The van der Waals surface area contributed by atoms with Gasteiger partial charge in [0.05, 0.1) is 22.1 Å². The molecule has 184 valence electrons. The first-order valence-electron chi connectivity index (χ1n) is 13.5. The summed E-state index contributed by atoms with van der Waals surface area (Å²) in [6.07, 6.45) is 0. The second kappa shape index (κ2) is 8.47. The average Bonchev–Trinajstić information content (AvgIpc) is 3.50. The molecule has 0 saturated heterocycles. The highest BCUT2D eigenvalue weighted by atomic mass is 15.0. The van der Waals surface area contributed by atoms with Crippen LogP contribution in [0.25, 0.3) is 66.1 Å². The van der Waals surface area contributed by atoms with Crippen LogP contribution in [0.3, 0.4) is 0 Å². The maximum absolute atomic E-state index is 2.40. The van der Waals surface area contributed by atoms with Crippen LogP contribution in [0.5, 0.6) is 0 Å². The number of benzene rings is 6. The molecular weight excluding hydrogens is 472 g/mol. The number of fused-ring (bicyclic) bond motifs is 6. The summed E-state index contributed by atoms with van der Waals surface area (Å²) in [5.74, 6) is 0. The lowest BCUT2D eigenvalue weighted by molar-refractivity contribution is 1.17. The van der Waals surface area contributed by atoms with Gasteiger partial charge in [0, 0.05) is 32.9 Å². The molecule has 6 aromatic carbocycles. The zero-order chi connectivity index (χ0) is 25.9. The minimum Gasteiger partial charge on any atom is -0.309 e. The Kier molecular flexibility index (Phi) is 4.77. The maximum Gasteiger partial charge on any atom is 0.0543 e. The Morgan fingerprint density at radius 3 is 1.31 bits per heavy atom. The lowest BCUT2D eigenvalue weighted by atomic mass is 10.0. The predicted molar refractivity (Wildman–Crippen MR) is 165 cm³/mol. The van der Waals surface area contributed by atoms with Gasteiger partial charge < -0.3 is 9.13 Å². The van der Waals surface area contributed by atoms with Gasteiger partial charge in [-0.3, -0.25) is 0 Å². The Hall–Kier alpha value is -5.08. The van der Waals surface area contributed by atoms with Crippen molar-refractivity contribution in [3.05, 3.63) is 145 Å². The topological polar surface area (TPSA) is 9.86 Å². The van der Waals surface area contributed by atoms with Crippen LogP contribution in [0.1, 0.15) is 5.56 Å². The van der Waals surface area contributed by atoms with Gasteiger partial charge in [-0.15, -0.1) is 0 Å². The fraction of sp³-hybridized carbons (Fsp3) is 0.0270. The number of para-hydroxylation sites is 3. The van der Waals surface area contributed by atoms with Crippen LogP contribution >= 0.6 is 0 Å². The number of hydrogen-bond acceptors (Lipinski definition) is 0. The van der Waals surface area contributed by atoms with Crippen molar-refractivity contribution in [1.29, 1.82) is 0 Å². The van der Waals surface area contributed by atoms with Gasteiger partial charge in [-0.1, -0.05) is 91.0 Å². The van der Waals surface area contributed by atoms with Gasteiger partial charge in [-0.25, -0.2) is 0 Å². The van der Waals surface area contributed by atoms with Gasteiger partial charge in [-0.05, 0) is 72.1 Å². The molecule has 0 spiro atoms. The molecule has 2 aromatic heterocycles. The maximum atomic E-state index is 2.40. The molecule has 0 aliphatic carbocycles. The largest absolute Gasteiger partial charge is 0.309 e. The van der Waals surface area contributed by atoms with Crippen LogP contribution in [0.15, 0.2) is 140 Å². The fourth-order valence-electron chi connectivity index (χ4n) is 6.21. The van der Waals surface area contributed by atoms with Crippen molar-refractivity contribution in [3.63, 3.8) is 0 Å². The Bertz CT molecular complexity index is 2140. The van der Waals surface area contributed by atoms with Crippen LogP contribution in [0.4, 0.5) is 0 Å². The molecule has 0 aliphatic rings. The van der Waals surface area contributed by atoms with E-state index < -0.39 is 0 Å². The third-order valence-electron chi connectivity index (χ3n) is 7.95. The molecule has 2 heteroatoms. The van der Waals surface area contributed by atoms with Crippen molar-refractivity contribution < 1.29 is 0 Å². The van der Waals surface area contributed by atoms with E-state index >= 15 is 0 Å². The molecule has 0 N–H and O–H groups in total. The smallest absolute Gasteiger partial charge is 0.0543 e. The molecule has 2 heterocycles. The molecule has 8 aromatic rings. The lowest BCUT2D eigenvalue weighted by Crippen LogP contribution is -1.96. The minimum absolute atomic E-state index is 1.17. The molecule has 0 radical (unpaired) electrons. The average molecular weight is 499 g/mol. The van der Waals surface area contributed by atoms with E-state index in [2.05, 4.69) is 156 Å². The summed E-state index contributed by atoms with van der Waals surface area (Å²) in [6, 6.07) is 50.6. The van der Waals surface area contributed by atoms with E-state index in [4.69, 9.17) is 0 Å². The molecule has 0 saturated carbocycles. The van der Waals surface area contributed by atoms with E-state index in [-0.39, 0.29) is 0 Å². The normalized spacial score (nSPS) is 11.7. The van der Waals surface area contributed by atoms with Crippen molar-refractivity contribution >= 4 is 43.6 Å². The molecule has 0 aliphatic heterocycles. The number of aromatic nitrogens is 2. The molecule has 0 bridgehead atoms. The number of rotatable bonds is 3. The summed E-state index contributed by atoms with van der Waals surface area (Å²) in [7, 11) is 0. The standard InChI is InChI=1S/C37H26N2/c1-25-20-21-33-32-16-4-7-19-36(32)39(37(33)22-25)29-13-9-11-27(24-29)26-10-8-12-28(23-26)38-34-17-5-2-14-30(34)31-15-3-6-18-35(31)38/h2-24H,1H3. The van der Waals surface area contributed by atoms with Crippen LogP contribution in [-0.4, -0.2) is 9.13 Å². The van der Waals surface area contributed by atoms with Crippen molar-refractivity contribution in [2.24, 2.45) is 0 Å². The van der Waals surface area contributed by atoms with Gasteiger partial charge in [0.15, 0.2) is 0 Å². The number of aryl methyl sites for hydroxylation is 1. The van der Waals surface area contributed by atoms with Gasteiger partial charge in [0.25, 0.3) is 0 Å².